The van der Waals surface area contributed by atoms with Gasteiger partial charge in [-0.3, -0.25) is 4.79 Å². The number of ether oxygens (including phenoxy) is 1. The van der Waals surface area contributed by atoms with Crippen molar-refractivity contribution in [3.63, 3.8) is 0 Å². The molecule has 0 unspecified atom stereocenters. The molecule has 100 valence electrons. The summed E-state index contributed by atoms with van der Waals surface area (Å²) in [5.41, 5.74) is 6.43. The van der Waals surface area contributed by atoms with Crippen LogP contribution in [0.2, 0.25) is 0 Å². The van der Waals surface area contributed by atoms with E-state index in [9.17, 15) is 4.79 Å². The van der Waals surface area contributed by atoms with Gasteiger partial charge < -0.3 is 15.8 Å². The summed E-state index contributed by atoms with van der Waals surface area (Å²) < 4.78 is 5.63. The summed E-state index contributed by atoms with van der Waals surface area (Å²) in [6.07, 6.45) is 0.0352. The number of nitrogens with zero attached hydrogens (tertiary/aromatic N) is 1. The Morgan fingerprint density at radius 2 is 2.16 bits per heavy atom. The minimum atomic E-state index is -0.298. The molecule has 0 saturated carbocycles. The Kier molecular flexibility index (Phi) is 4.01. The fraction of sp³-hybridized carbons (Fsp3) is 0.231. The monoisotopic (exact) mass is 277 g/mol. The van der Waals surface area contributed by atoms with Crippen molar-refractivity contribution in [2.24, 2.45) is 0 Å². The van der Waals surface area contributed by atoms with E-state index in [4.69, 9.17) is 10.5 Å². The van der Waals surface area contributed by atoms with Gasteiger partial charge in [0.2, 0.25) is 0 Å². The number of amides is 1. The molecule has 0 aliphatic rings. The van der Waals surface area contributed by atoms with Crippen LogP contribution in [0.1, 0.15) is 24.3 Å². The molecule has 1 aromatic carbocycles. The normalized spacial score (nSPS) is 10.5. The van der Waals surface area contributed by atoms with Crippen LogP contribution in [0.4, 0.5) is 10.8 Å². The minimum Gasteiger partial charge on any atom is -0.489 e. The molecule has 0 aliphatic carbocycles. The minimum absolute atomic E-state index is 0.0352. The van der Waals surface area contributed by atoms with Crippen LogP contribution in [0.25, 0.3) is 0 Å². The number of nitrogen functional groups attached to an aromatic ring is 1. The fourth-order valence-corrected chi connectivity index (χ4v) is 2.05. The van der Waals surface area contributed by atoms with Crippen LogP contribution in [0.3, 0.4) is 0 Å². The van der Waals surface area contributed by atoms with Crippen molar-refractivity contribution in [1.82, 2.24) is 4.98 Å². The maximum Gasteiger partial charge on any atom is 0.275 e. The van der Waals surface area contributed by atoms with Gasteiger partial charge in [-0.15, -0.1) is 11.3 Å². The molecule has 0 radical (unpaired) electrons. The molecule has 3 N–H and O–H groups in total. The first-order valence-corrected chi connectivity index (χ1v) is 6.72. The van der Waals surface area contributed by atoms with E-state index < -0.39 is 0 Å². The topological polar surface area (TPSA) is 77.2 Å². The van der Waals surface area contributed by atoms with Crippen LogP contribution in [0.5, 0.6) is 5.75 Å². The Balaban J connectivity index is 2.16. The van der Waals surface area contributed by atoms with Crippen molar-refractivity contribution in [2.45, 2.75) is 20.0 Å². The summed E-state index contributed by atoms with van der Waals surface area (Å²) in [6.45, 7) is 3.86. The molecule has 2 rings (SSSR count). The van der Waals surface area contributed by atoms with E-state index in [1.165, 1.54) is 11.3 Å². The predicted molar refractivity (Wildman–Crippen MR) is 76.7 cm³/mol. The largest absolute Gasteiger partial charge is 0.489 e. The Morgan fingerprint density at radius 3 is 2.79 bits per heavy atom. The number of para-hydroxylation sites is 2. The molecule has 0 fully saturated rings. The highest BCUT2D eigenvalue weighted by Crippen LogP contribution is 2.25. The van der Waals surface area contributed by atoms with E-state index in [0.29, 0.717) is 22.3 Å². The van der Waals surface area contributed by atoms with Crippen molar-refractivity contribution in [3.05, 3.63) is 35.3 Å². The van der Waals surface area contributed by atoms with Crippen LogP contribution >= 0.6 is 11.3 Å². The van der Waals surface area contributed by atoms with Crippen LogP contribution in [-0.2, 0) is 0 Å². The van der Waals surface area contributed by atoms with Crippen molar-refractivity contribution in [1.29, 1.82) is 0 Å². The third kappa shape index (κ3) is 3.45. The van der Waals surface area contributed by atoms with Crippen LogP contribution in [0, 0.1) is 0 Å². The lowest BCUT2D eigenvalue weighted by Crippen LogP contribution is -2.14. The fourth-order valence-electron chi connectivity index (χ4n) is 1.50. The number of benzene rings is 1. The van der Waals surface area contributed by atoms with E-state index in [-0.39, 0.29) is 12.0 Å². The zero-order chi connectivity index (χ0) is 13.8. The van der Waals surface area contributed by atoms with Gasteiger partial charge >= 0.3 is 0 Å². The maximum absolute atomic E-state index is 12.0. The highest BCUT2D eigenvalue weighted by molar-refractivity contribution is 7.13. The van der Waals surface area contributed by atoms with Gasteiger partial charge in [0.1, 0.15) is 11.4 Å². The van der Waals surface area contributed by atoms with E-state index >= 15 is 0 Å². The lowest BCUT2D eigenvalue weighted by Gasteiger charge is -2.14. The maximum atomic E-state index is 12.0. The number of carbonyl (C=O) groups is 1. The average Bonchev–Trinajstić information content (AvgIpc) is 2.78. The van der Waals surface area contributed by atoms with Crippen molar-refractivity contribution < 1.29 is 9.53 Å². The van der Waals surface area contributed by atoms with Gasteiger partial charge in [0.15, 0.2) is 5.13 Å². The number of hydrogen-bond donors (Lipinski definition) is 2. The number of anilines is 2. The number of carbonyl (C=O) groups excluding carboxylic acids is 1. The summed E-state index contributed by atoms with van der Waals surface area (Å²) in [6, 6.07) is 7.28. The van der Waals surface area contributed by atoms with Crippen LogP contribution in [-0.4, -0.2) is 17.0 Å². The molecule has 1 aromatic heterocycles. The Labute approximate surface area is 115 Å². The Hall–Kier alpha value is -2.08. The van der Waals surface area contributed by atoms with Crippen molar-refractivity contribution in [2.75, 3.05) is 11.1 Å². The molecule has 0 spiro atoms. The quantitative estimate of drug-likeness (QED) is 0.900. The van der Waals surface area contributed by atoms with Gasteiger partial charge in [-0.2, -0.15) is 0 Å². The molecule has 0 aliphatic heterocycles. The molecule has 0 atom stereocenters. The molecular formula is C13H15N3O2S. The lowest BCUT2D eigenvalue weighted by molar-refractivity contribution is 0.102. The molecular weight excluding hydrogens is 262 g/mol. The molecule has 1 amide bonds. The zero-order valence-electron chi connectivity index (χ0n) is 10.7. The zero-order valence-corrected chi connectivity index (χ0v) is 11.5. The highest BCUT2D eigenvalue weighted by Gasteiger charge is 2.13. The number of nitrogens with two attached hydrogens (primary N) is 1. The number of nitrogens with one attached hydrogen (secondary N) is 1. The highest BCUT2D eigenvalue weighted by atomic mass is 32.1. The van der Waals surface area contributed by atoms with E-state index in [1.807, 2.05) is 32.0 Å². The van der Waals surface area contributed by atoms with Gasteiger partial charge in [0.05, 0.1) is 11.8 Å². The third-order valence-corrected chi connectivity index (χ3v) is 2.93. The first-order chi connectivity index (χ1) is 9.06. The molecule has 0 saturated heterocycles. The standard InChI is InChI=1S/C13H15N3O2S/c1-8(2)18-11-6-4-3-5-9(11)15-12(17)10-7-19-13(14)16-10/h3-8H,1-2H3,(H2,14,16)(H,15,17). The second-order valence-electron chi connectivity index (χ2n) is 4.19. The number of thiazole rings is 1. The summed E-state index contributed by atoms with van der Waals surface area (Å²) in [5.74, 6) is 0.335. The smallest absolute Gasteiger partial charge is 0.275 e. The molecule has 0 bridgehead atoms. The molecule has 19 heavy (non-hydrogen) atoms. The number of aromatic nitrogens is 1. The Bertz CT molecular complexity index is 581. The SMILES string of the molecule is CC(C)Oc1ccccc1NC(=O)c1csc(N)n1. The Morgan fingerprint density at radius 1 is 1.42 bits per heavy atom. The van der Waals surface area contributed by atoms with Gasteiger partial charge in [-0.05, 0) is 26.0 Å². The van der Waals surface area contributed by atoms with Crippen molar-refractivity contribution >= 4 is 28.1 Å². The van der Waals surface area contributed by atoms with Gasteiger partial charge in [-0.1, -0.05) is 12.1 Å². The van der Waals surface area contributed by atoms with Crippen LogP contribution in [0.15, 0.2) is 29.6 Å². The van der Waals surface area contributed by atoms with Gasteiger partial charge in [-0.25, -0.2) is 4.98 Å². The first-order valence-electron chi connectivity index (χ1n) is 5.84. The second kappa shape index (κ2) is 5.71. The number of rotatable bonds is 4. The second-order valence-corrected chi connectivity index (χ2v) is 5.08. The first kappa shape index (κ1) is 13.4. The molecule has 6 heteroatoms. The third-order valence-electron chi connectivity index (χ3n) is 2.25. The van der Waals surface area contributed by atoms with E-state index in [2.05, 4.69) is 10.3 Å². The molecule has 2 aromatic rings. The number of hydrogen-bond acceptors (Lipinski definition) is 5. The summed E-state index contributed by atoms with van der Waals surface area (Å²) >= 11 is 1.23. The van der Waals surface area contributed by atoms with Crippen molar-refractivity contribution in [3.8, 4) is 5.75 Å². The summed E-state index contributed by atoms with van der Waals surface area (Å²) in [5, 5.41) is 4.76. The average molecular weight is 277 g/mol. The predicted octanol–water partition coefficient (Wildman–Crippen LogP) is 2.76. The van der Waals surface area contributed by atoms with E-state index in [0.717, 1.165) is 0 Å². The van der Waals surface area contributed by atoms with E-state index in [1.54, 1.807) is 11.4 Å². The summed E-state index contributed by atoms with van der Waals surface area (Å²) in [4.78, 5) is 15.9. The lowest BCUT2D eigenvalue weighted by atomic mass is 10.2. The van der Waals surface area contributed by atoms with Gasteiger partial charge in [0, 0.05) is 5.38 Å². The van der Waals surface area contributed by atoms with Crippen LogP contribution < -0.4 is 15.8 Å². The van der Waals surface area contributed by atoms with Gasteiger partial charge in [0.25, 0.3) is 5.91 Å². The molecule has 5 nitrogen and oxygen atoms in total. The summed E-state index contributed by atoms with van der Waals surface area (Å²) in [7, 11) is 0. The molecule has 1 heterocycles.